The second kappa shape index (κ2) is 4.94. The van der Waals surface area contributed by atoms with Gasteiger partial charge in [0.25, 0.3) is 0 Å². The van der Waals surface area contributed by atoms with Crippen LogP contribution in [-0.2, 0) is 6.54 Å². The van der Waals surface area contributed by atoms with Gasteiger partial charge in [-0.1, -0.05) is 37.3 Å². The minimum absolute atomic E-state index is 0.523. The number of hydrogen-bond acceptors (Lipinski definition) is 3. The molecule has 3 heteroatoms. The minimum atomic E-state index is 0.523. The third kappa shape index (κ3) is 2.31. The molecule has 1 saturated carbocycles. The van der Waals surface area contributed by atoms with E-state index in [-0.39, 0.29) is 0 Å². The van der Waals surface area contributed by atoms with Crippen molar-refractivity contribution in [3.05, 3.63) is 53.7 Å². The Bertz CT molecular complexity index is 506. The third-order valence-corrected chi connectivity index (χ3v) is 3.48. The molecule has 94 valence electrons. The number of benzene rings is 1. The van der Waals surface area contributed by atoms with Crippen molar-refractivity contribution in [2.45, 2.75) is 31.7 Å². The summed E-state index contributed by atoms with van der Waals surface area (Å²) in [6.07, 6.45) is 3.07. The van der Waals surface area contributed by atoms with Crippen LogP contribution in [0, 0.1) is 0 Å². The number of aromatic nitrogens is 1. The third-order valence-electron chi connectivity index (χ3n) is 3.48. The van der Waals surface area contributed by atoms with E-state index >= 15 is 0 Å². The van der Waals surface area contributed by atoms with Gasteiger partial charge < -0.3 is 9.73 Å². The van der Waals surface area contributed by atoms with E-state index in [0.717, 1.165) is 24.7 Å². The van der Waals surface area contributed by atoms with Gasteiger partial charge >= 0.3 is 0 Å². The van der Waals surface area contributed by atoms with Crippen LogP contribution in [0.4, 0.5) is 0 Å². The fraction of sp³-hybridized carbons (Fsp3) is 0.400. The minimum Gasteiger partial charge on any atom is -0.444 e. The molecule has 18 heavy (non-hydrogen) atoms. The Morgan fingerprint density at radius 2 is 2.11 bits per heavy atom. The van der Waals surface area contributed by atoms with E-state index < -0.39 is 0 Å². The average molecular weight is 242 g/mol. The zero-order valence-electron chi connectivity index (χ0n) is 10.6. The van der Waals surface area contributed by atoms with Crippen LogP contribution in [0.25, 0.3) is 0 Å². The smallest absolute Gasteiger partial charge is 0.208 e. The highest BCUT2D eigenvalue weighted by Gasteiger charge is 2.41. The molecule has 1 fully saturated rings. The predicted molar refractivity (Wildman–Crippen MR) is 70.4 cm³/mol. The normalized spacial score (nSPS) is 22.1. The maximum absolute atomic E-state index is 5.79. The quantitative estimate of drug-likeness (QED) is 0.875. The summed E-state index contributed by atoms with van der Waals surface area (Å²) in [6.45, 7) is 3.74. The lowest BCUT2D eigenvalue weighted by Crippen LogP contribution is -2.11. The summed E-state index contributed by atoms with van der Waals surface area (Å²) in [7, 11) is 0. The van der Waals surface area contributed by atoms with Crippen molar-refractivity contribution in [3.63, 3.8) is 0 Å². The lowest BCUT2D eigenvalue weighted by molar-refractivity contribution is 0.438. The van der Waals surface area contributed by atoms with Crippen molar-refractivity contribution >= 4 is 0 Å². The molecule has 3 nitrogen and oxygen atoms in total. The molecule has 1 aromatic carbocycles. The van der Waals surface area contributed by atoms with E-state index in [1.54, 1.807) is 0 Å². The molecule has 1 heterocycles. The van der Waals surface area contributed by atoms with Crippen LogP contribution in [-0.4, -0.2) is 11.5 Å². The molecule has 2 aromatic rings. The van der Waals surface area contributed by atoms with Crippen molar-refractivity contribution in [2.24, 2.45) is 0 Å². The number of nitrogens with zero attached hydrogens (tertiary/aromatic N) is 1. The van der Waals surface area contributed by atoms with Gasteiger partial charge in [0, 0.05) is 5.92 Å². The Morgan fingerprint density at radius 1 is 1.28 bits per heavy atom. The number of hydrogen-bond donors (Lipinski definition) is 1. The number of rotatable bonds is 5. The maximum atomic E-state index is 5.79. The summed E-state index contributed by atoms with van der Waals surface area (Å²) in [5.41, 5.74) is 1.41. The first-order valence-electron chi connectivity index (χ1n) is 6.58. The summed E-state index contributed by atoms with van der Waals surface area (Å²) >= 11 is 0. The van der Waals surface area contributed by atoms with E-state index in [1.165, 1.54) is 12.0 Å². The number of nitrogens with one attached hydrogen (secondary N) is 1. The summed E-state index contributed by atoms with van der Waals surface area (Å²) in [4.78, 5) is 4.31. The van der Waals surface area contributed by atoms with E-state index in [4.69, 9.17) is 4.42 Å². The standard InChI is InChI=1S/C15H18N2O/c1-2-16-10-15-17-9-14(18-15)13-8-12(13)11-6-4-3-5-7-11/h3-7,9,12-13,16H,2,8,10H2,1H3. The van der Waals surface area contributed by atoms with E-state index in [0.29, 0.717) is 11.8 Å². The van der Waals surface area contributed by atoms with Gasteiger partial charge in [0.2, 0.25) is 5.89 Å². The molecular weight excluding hydrogens is 224 g/mol. The molecule has 1 aliphatic carbocycles. The lowest BCUT2D eigenvalue weighted by atomic mass is 10.1. The van der Waals surface area contributed by atoms with Crippen LogP contribution >= 0.6 is 0 Å². The fourth-order valence-corrected chi connectivity index (χ4v) is 2.39. The lowest BCUT2D eigenvalue weighted by Gasteiger charge is -1.98. The Kier molecular flexibility index (Phi) is 3.15. The highest BCUT2D eigenvalue weighted by Crippen LogP contribution is 2.54. The molecule has 2 unspecified atom stereocenters. The molecule has 0 saturated heterocycles. The van der Waals surface area contributed by atoms with Crippen LogP contribution in [0.5, 0.6) is 0 Å². The van der Waals surface area contributed by atoms with Gasteiger partial charge in [0.15, 0.2) is 0 Å². The molecule has 0 spiro atoms. The van der Waals surface area contributed by atoms with E-state index in [1.807, 2.05) is 6.20 Å². The molecule has 0 radical (unpaired) electrons. The average Bonchev–Trinajstić information content (AvgIpc) is 3.09. The van der Waals surface area contributed by atoms with Gasteiger partial charge in [0.05, 0.1) is 12.7 Å². The Hall–Kier alpha value is -1.61. The first-order valence-corrected chi connectivity index (χ1v) is 6.58. The highest BCUT2D eigenvalue weighted by molar-refractivity contribution is 5.31. The Morgan fingerprint density at radius 3 is 2.89 bits per heavy atom. The molecule has 0 bridgehead atoms. The van der Waals surface area contributed by atoms with Crippen LogP contribution < -0.4 is 5.32 Å². The molecule has 3 rings (SSSR count). The van der Waals surface area contributed by atoms with Crippen molar-refractivity contribution in [1.82, 2.24) is 10.3 Å². The van der Waals surface area contributed by atoms with Gasteiger partial charge in [-0.15, -0.1) is 0 Å². The molecule has 1 aromatic heterocycles. The molecule has 0 aliphatic heterocycles. The van der Waals surface area contributed by atoms with E-state index in [9.17, 15) is 0 Å². The fourth-order valence-electron chi connectivity index (χ4n) is 2.39. The molecule has 2 atom stereocenters. The zero-order valence-corrected chi connectivity index (χ0v) is 10.6. The van der Waals surface area contributed by atoms with Gasteiger partial charge in [-0.2, -0.15) is 0 Å². The monoisotopic (exact) mass is 242 g/mol. The van der Waals surface area contributed by atoms with Crippen molar-refractivity contribution in [3.8, 4) is 0 Å². The van der Waals surface area contributed by atoms with E-state index in [2.05, 4.69) is 47.6 Å². The maximum Gasteiger partial charge on any atom is 0.208 e. The second-order valence-corrected chi connectivity index (χ2v) is 4.80. The van der Waals surface area contributed by atoms with Gasteiger partial charge in [0.1, 0.15) is 5.76 Å². The van der Waals surface area contributed by atoms with Crippen LogP contribution in [0.15, 0.2) is 40.9 Å². The topological polar surface area (TPSA) is 38.1 Å². The van der Waals surface area contributed by atoms with Crippen LogP contribution in [0.1, 0.15) is 42.4 Å². The summed E-state index contributed by atoms with van der Waals surface area (Å²) < 4.78 is 5.79. The van der Waals surface area contributed by atoms with Crippen LogP contribution in [0.2, 0.25) is 0 Å². The van der Waals surface area contributed by atoms with Gasteiger partial charge in [-0.3, -0.25) is 0 Å². The Labute approximate surface area is 107 Å². The Balaban J connectivity index is 1.65. The summed E-state index contributed by atoms with van der Waals surface area (Å²) in [5.74, 6) is 2.98. The highest BCUT2D eigenvalue weighted by atomic mass is 16.4. The second-order valence-electron chi connectivity index (χ2n) is 4.80. The van der Waals surface area contributed by atoms with Crippen molar-refractivity contribution in [1.29, 1.82) is 0 Å². The number of oxazole rings is 1. The first kappa shape index (κ1) is 11.5. The first-order chi connectivity index (χ1) is 8.88. The van der Waals surface area contributed by atoms with Crippen LogP contribution in [0.3, 0.4) is 0 Å². The van der Waals surface area contributed by atoms with Gasteiger partial charge in [-0.05, 0) is 24.4 Å². The molecular formula is C15H18N2O. The molecule has 1 N–H and O–H groups in total. The van der Waals surface area contributed by atoms with Gasteiger partial charge in [-0.25, -0.2) is 4.98 Å². The summed E-state index contributed by atoms with van der Waals surface area (Å²) in [5, 5.41) is 3.22. The molecule has 0 amide bonds. The zero-order chi connectivity index (χ0) is 12.4. The molecule has 1 aliphatic rings. The van der Waals surface area contributed by atoms with Crippen molar-refractivity contribution < 1.29 is 4.42 Å². The van der Waals surface area contributed by atoms with Crippen molar-refractivity contribution in [2.75, 3.05) is 6.54 Å². The predicted octanol–water partition coefficient (Wildman–Crippen LogP) is 3.06. The largest absolute Gasteiger partial charge is 0.444 e. The summed E-state index contributed by atoms with van der Waals surface area (Å²) in [6, 6.07) is 10.6. The SMILES string of the molecule is CCNCc1ncc(C2CC2c2ccccc2)o1.